The molecule has 0 atom stereocenters. The molecule has 1 heterocycles. The van der Waals surface area contributed by atoms with Crippen LogP contribution in [0.2, 0.25) is 0 Å². The Kier molecular flexibility index (Phi) is 3.89. The van der Waals surface area contributed by atoms with E-state index in [2.05, 4.69) is 10.3 Å². The van der Waals surface area contributed by atoms with Crippen molar-refractivity contribution in [2.75, 3.05) is 5.32 Å². The number of hydrogen-bond donors (Lipinski definition) is 1. The number of amides is 1. The smallest absolute Gasteiger partial charge is 0.261 e. The fourth-order valence-corrected chi connectivity index (χ4v) is 2.34. The molecule has 6 heteroatoms. The maximum Gasteiger partial charge on any atom is 0.261 e. The van der Waals surface area contributed by atoms with Gasteiger partial charge in [0.1, 0.15) is 18.2 Å². The standard InChI is InChI=1S/C17H14FN3O2/c1-11-19-15-5-3-2-4-14(15)17(23)21(11)10-16(22)20-13-8-6-12(18)7-9-13/h2-9H,10H2,1H3,(H,20,22). The highest BCUT2D eigenvalue weighted by Gasteiger charge is 2.11. The molecule has 0 aliphatic rings. The van der Waals surface area contributed by atoms with E-state index in [0.29, 0.717) is 22.4 Å². The summed E-state index contributed by atoms with van der Waals surface area (Å²) in [5.41, 5.74) is 0.809. The fraction of sp³-hybridized carbons (Fsp3) is 0.118. The molecule has 0 saturated carbocycles. The second-order valence-corrected chi connectivity index (χ2v) is 5.12. The van der Waals surface area contributed by atoms with Crippen molar-refractivity contribution in [3.05, 3.63) is 70.5 Å². The van der Waals surface area contributed by atoms with Crippen molar-refractivity contribution in [3.8, 4) is 0 Å². The third-order valence-corrected chi connectivity index (χ3v) is 3.48. The Hall–Kier alpha value is -3.02. The molecule has 116 valence electrons. The number of carbonyl (C=O) groups is 1. The molecule has 0 radical (unpaired) electrons. The van der Waals surface area contributed by atoms with Crippen molar-refractivity contribution in [2.45, 2.75) is 13.5 Å². The monoisotopic (exact) mass is 311 g/mol. The minimum absolute atomic E-state index is 0.153. The van der Waals surface area contributed by atoms with E-state index in [-0.39, 0.29) is 23.8 Å². The maximum atomic E-state index is 12.9. The van der Waals surface area contributed by atoms with E-state index in [0.717, 1.165) is 0 Å². The van der Waals surface area contributed by atoms with Crippen LogP contribution in [0.4, 0.5) is 10.1 Å². The van der Waals surface area contributed by atoms with Crippen molar-refractivity contribution < 1.29 is 9.18 Å². The molecule has 2 aromatic carbocycles. The number of nitrogens with one attached hydrogen (secondary N) is 1. The lowest BCUT2D eigenvalue weighted by atomic mass is 10.2. The minimum Gasteiger partial charge on any atom is -0.325 e. The maximum absolute atomic E-state index is 12.9. The van der Waals surface area contributed by atoms with E-state index in [1.54, 1.807) is 31.2 Å². The topological polar surface area (TPSA) is 64.0 Å². The Balaban J connectivity index is 1.87. The molecule has 23 heavy (non-hydrogen) atoms. The summed E-state index contributed by atoms with van der Waals surface area (Å²) in [6.45, 7) is 1.53. The first-order chi connectivity index (χ1) is 11.0. The van der Waals surface area contributed by atoms with Crippen LogP contribution in [0.3, 0.4) is 0 Å². The van der Waals surface area contributed by atoms with Crippen molar-refractivity contribution in [2.24, 2.45) is 0 Å². The number of aryl methyl sites for hydroxylation is 1. The Bertz CT molecular complexity index is 933. The molecule has 0 spiro atoms. The van der Waals surface area contributed by atoms with Gasteiger partial charge in [0, 0.05) is 5.69 Å². The molecule has 0 unspecified atom stereocenters. The molecular weight excluding hydrogens is 297 g/mol. The number of nitrogens with zero attached hydrogens (tertiary/aromatic N) is 2. The van der Waals surface area contributed by atoms with Crippen LogP contribution in [0.25, 0.3) is 10.9 Å². The lowest BCUT2D eigenvalue weighted by molar-refractivity contribution is -0.116. The van der Waals surface area contributed by atoms with Crippen molar-refractivity contribution in [1.82, 2.24) is 9.55 Å². The van der Waals surface area contributed by atoms with Gasteiger partial charge >= 0.3 is 0 Å². The van der Waals surface area contributed by atoms with E-state index in [4.69, 9.17) is 0 Å². The number of fused-ring (bicyclic) bond motifs is 1. The van der Waals surface area contributed by atoms with Gasteiger partial charge in [0.05, 0.1) is 10.9 Å². The van der Waals surface area contributed by atoms with E-state index in [1.807, 2.05) is 0 Å². The Labute approximate surface area is 131 Å². The van der Waals surface area contributed by atoms with Crippen molar-refractivity contribution in [1.29, 1.82) is 0 Å². The summed E-state index contributed by atoms with van der Waals surface area (Å²) in [4.78, 5) is 28.9. The first-order valence-corrected chi connectivity index (χ1v) is 7.06. The van der Waals surface area contributed by atoms with Crippen LogP contribution in [-0.2, 0) is 11.3 Å². The molecule has 3 rings (SSSR count). The fourth-order valence-electron chi connectivity index (χ4n) is 2.34. The summed E-state index contributed by atoms with van der Waals surface area (Å²) < 4.78 is 14.2. The van der Waals surface area contributed by atoms with E-state index < -0.39 is 0 Å². The van der Waals surface area contributed by atoms with Gasteiger partial charge in [0.25, 0.3) is 5.56 Å². The average molecular weight is 311 g/mol. The highest BCUT2D eigenvalue weighted by molar-refractivity contribution is 5.90. The molecule has 1 amide bonds. The van der Waals surface area contributed by atoms with Gasteiger partial charge in [0.2, 0.25) is 5.91 Å². The number of rotatable bonds is 3. The highest BCUT2D eigenvalue weighted by atomic mass is 19.1. The lowest BCUT2D eigenvalue weighted by Crippen LogP contribution is -2.30. The summed E-state index contributed by atoms with van der Waals surface area (Å²) in [6.07, 6.45) is 0. The second kappa shape index (κ2) is 6.00. The summed E-state index contributed by atoms with van der Waals surface area (Å²) in [5.74, 6) is -0.296. The quantitative estimate of drug-likeness (QED) is 0.808. The number of halogens is 1. The van der Waals surface area contributed by atoms with Gasteiger partial charge in [-0.25, -0.2) is 9.37 Å². The first kappa shape index (κ1) is 14.9. The molecule has 5 nitrogen and oxygen atoms in total. The average Bonchev–Trinajstić information content (AvgIpc) is 2.54. The zero-order chi connectivity index (χ0) is 16.4. The molecule has 1 aromatic heterocycles. The number of para-hydroxylation sites is 1. The van der Waals surface area contributed by atoms with Crippen molar-refractivity contribution in [3.63, 3.8) is 0 Å². The largest absolute Gasteiger partial charge is 0.325 e. The lowest BCUT2D eigenvalue weighted by Gasteiger charge is -2.11. The van der Waals surface area contributed by atoms with E-state index >= 15 is 0 Å². The highest BCUT2D eigenvalue weighted by Crippen LogP contribution is 2.10. The zero-order valence-corrected chi connectivity index (χ0v) is 12.4. The third-order valence-electron chi connectivity index (χ3n) is 3.48. The van der Waals surface area contributed by atoms with Crippen LogP contribution in [-0.4, -0.2) is 15.5 Å². The van der Waals surface area contributed by atoms with Gasteiger partial charge in [-0.3, -0.25) is 14.2 Å². The van der Waals surface area contributed by atoms with E-state index in [9.17, 15) is 14.0 Å². The summed E-state index contributed by atoms with van der Waals surface area (Å²) >= 11 is 0. The van der Waals surface area contributed by atoms with Crippen LogP contribution in [0.1, 0.15) is 5.82 Å². The molecule has 0 bridgehead atoms. The Morgan fingerprint density at radius 2 is 1.87 bits per heavy atom. The normalized spacial score (nSPS) is 10.7. The molecule has 0 saturated heterocycles. The molecule has 3 aromatic rings. The number of hydrogen-bond acceptors (Lipinski definition) is 3. The molecule has 1 N–H and O–H groups in total. The van der Waals surface area contributed by atoms with Crippen LogP contribution in [0.5, 0.6) is 0 Å². The van der Waals surface area contributed by atoms with Gasteiger partial charge < -0.3 is 5.32 Å². The number of benzene rings is 2. The predicted octanol–water partition coefficient (Wildman–Crippen LogP) is 2.48. The molecular formula is C17H14FN3O2. The predicted molar refractivity (Wildman–Crippen MR) is 85.8 cm³/mol. The van der Waals surface area contributed by atoms with Crippen LogP contribution in [0.15, 0.2) is 53.3 Å². The van der Waals surface area contributed by atoms with Crippen LogP contribution >= 0.6 is 0 Å². The van der Waals surface area contributed by atoms with Gasteiger partial charge in [-0.1, -0.05) is 12.1 Å². The Morgan fingerprint density at radius 1 is 1.17 bits per heavy atom. The number of aromatic nitrogens is 2. The van der Waals surface area contributed by atoms with Gasteiger partial charge in [-0.15, -0.1) is 0 Å². The van der Waals surface area contributed by atoms with Gasteiger partial charge in [-0.2, -0.15) is 0 Å². The Morgan fingerprint density at radius 3 is 2.61 bits per heavy atom. The van der Waals surface area contributed by atoms with Gasteiger partial charge in [-0.05, 0) is 43.3 Å². The summed E-state index contributed by atoms with van der Waals surface area (Å²) in [7, 11) is 0. The molecule has 0 aliphatic carbocycles. The molecule has 0 aliphatic heterocycles. The van der Waals surface area contributed by atoms with Crippen LogP contribution in [0, 0.1) is 12.7 Å². The summed E-state index contributed by atoms with van der Waals surface area (Å²) in [6, 6.07) is 12.4. The van der Waals surface area contributed by atoms with Crippen LogP contribution < -0.4 is 10.9 Å². The first-order valence-electron chi connectivity index (χ1n) is 7.06. The van der Waals surface area contributed by atoms with E-state index in [1.165, 1.54) is 28.8 Å². The second-order valence-electron chi connectivity index (χ2n) is 5.12. The number of carbonyl (C=O) groups excluding carboxylic acids is 1. The zero-order valence-electron chi connectivity index (χ0n) is 12.4. The summed E-state index contributed by atoms with van der Waals surface area (Å²) in [5, 5.41) is 3.09. The number of anilines is 1. The third kappa shape index (κ3) is 3.11. The minimum atomic E-state index is -0.381. The SMILES string of the molecule is Cc1nc2ccccc2c(=O)n1CC(=O)Nc1ccc(F)cc1. The molecule has 0 fully saturated rings. The van der Waals surface area contributed by atoms with Crippen molar-refractivity contribution >= 4 is 22.5 Å². The van der Waals surface area contributed by atoms with Gasteiger partial charge in [0.15, 0.2) is 0 Å².